The van der Waals surface area contributed by atoms with Crippen LogP contribution in [0.4, 0.5) is 13.2 Å². The van der Waals surface area contributed by atoms with Crippen LogP contribution in [0.15, 0.2) is 30.5 Å². The predicted octanol–water partition coefficient (Wildman–Crippen LogP) is 3.55. The number of fused-ring (bicyclic) bond motifs is 3. The van der Waals surface area contributed by atoms with Crippen molar-refractivity contribution in [3.05, 3.63) is 41.3 Å². The van der Waals surface area contributed by atoms with Crippen molar-refractivity contribution in [1.82, 2.24) is 14.6 Å². The molecule has 0 aliphatic carbocycles. The van der Waals surface area contributed by atoms with E-state index in [0.29, 0.717) is 10.4 Å². The van der Waals surface area contributed by atoms with Crippen LogP contribution in [0.3, 0.4) is 0 Å². The number of pyridine rings is 1. The van der Waals surface area contributed by atoms with Crippen LogP contribution in [0.2, 0.25) is 5.02 Å². The van der Waals surface area contributed by atoms with Crippen LogP contribution in [0.5, 0.6) is 0 Å². The second kappa shape index (κ2) is 3.58. The molecular formula is C11H5ClF3N3. The number of hydrogen-bond donors (Lipinski definition) is 0. The summed E-state index contributed by atoms with van der Waals surface area (Å²) in [4.78, 5) is 0. The highest BCUT2D eigenvalue weighted by atomic mass is 35.5. The summed E-state index contributed by atoms with van der Waals surface area (Å²) >= 11 is 5.84. The van der Waals surface area contributed by atoms with Crippen molar-refractivity contribution in [3.8, 4) is 0 Å². The molecular weight excluding hydrogens is 267 g/mol. The molecule has 3 rings (SSSR count). The first-order valence-electron chi connectivity index (χ1n) is 4.97. The minimum Gasteiger partial charge on any atom is -0.278 e. The molecule has 0 saturated carbocycles. The highest BCUT2D eigenvalue weighted by Gasteiger charge is 2.37. The maximum Gasteiger partial charge on any atom is 0.452 e. The molecule has 7 heteroatoms. The Morgan fingerprint density at radius 1 is 1.11 bits per heavy atom. The quantitative estimate of drug-likeness (QED) is 0.626. The van der Waals surface area contributed by atoms with E-state index in [2.05, 4.69) is 10.2 Å². The Hall–Kier alpha value is -1.82. The van der Waals surface area contributed by atoms with Crippen molar-refractivity contribution in [1.29, 1.82) is 0 Å². The fourth-order valence-electron chi connectivity index (χ4n) is 1.83. The summed E-state index contributed by atoms with van der Waals surface area (Å²) in [7, 11) is 0. The lowest BCUT2D eigenvalue weighted by molar-refractivity contribution is -0.145. The fourth-order valence-corrected chi connectivity index (χ4v) is 2.00. The maximum atomic E-state index is 12.7. The Labute approximate surface area is 104 Å². The van der Waals surface area contributed by atoms with E-state index in [1.54, 1.807) is 24.3 Å². The van der Waals surface area contributed by atoms with Crippen LogP contribution in [0, 0.1) is 0 Å². The molecule has 1 aromatic carbocycles. The van der Waals surface area contributed by atoms with Gasteiger partial charge < -0.3 is 0 Å². The number of benzene rings is 1. The Balaban J connectivity index is 2.43. The van der Waals surface area contributed by atoms with E-state index in [0.717, 1.165) is 9.79 Å². The predicted molar refractivity (Wildman–Crippen MR) is 60.5 cm³/mol. The molecule has 0 spiro atoms. The third-order valence-electron chi connectivity index (χ3n) is 2.61. The number of hydrogen-bond acceptors (Lipinski definition) is 2. The summed E-state index contributed by atoms with van der Waals surface area (Å²) < 4.78 is 39.0. The maximum absolute atomic E-state index is 12.7. The second-order valence-corrected chi connectivity index (χ2v) is 4.20. The fraction of sp³-hybridized carbons (Fsp3) is 0.0909. The number of rotatable bonds is 0. The summed E-state index contributed by atoms with van der Waals surface area (Å²) in [6, 6.07) is 6.53. The van der Waals surface area contributed by atoms with Crippen molar-refractivity contribution < 1.29 is 13.2 Å². The molecule has 0 amide bonds. The molecule has 92 valence electrons. The Bertz CT molecular complexity index is 748. The van der Waals surface area contributed by atoms with Crippen molar-refractivity contribution >= 4 is 28.0 Å². The molecule has 0 fully saturated rings. The van der Waals surface area contributed by atoms with Crippen LogP contribution in [0.1, 0.15) is 5.82 Å². The van der Waals surface area contributed by atoms with Gasteiger partial charge in [-0.3, -0.25) is 4.40 Å². The zero-order chi connectivity index (χ0) is 12.9. The van der Waals surface area contributed by atoms with E-state index in [9.17, 15) is 13.2 Å². The molecule has 3 aromatic rings. The van der Waals surface area contributed by atoms with Crippen molar-refractivity contribution in [2.75, 3.05) is 0 Å². The standard InChI is InChI=1S/C11H5ClF3N3/c12-7-2-1-6-3-4-18-9(8(6)5-7)16-17-10(18)11(13,14)15/h1-5H. The van der Waals surface area contributed by atoms with Gasteiger partial charge in [-0.2, -0.15) is 13.2 Å². The lowest BCUT2D eigenvalue weighted by Gasteiger charge is -2.05. The molecule has 0 aliphatic rings. The van der Waals surface area contributed by atoms with Gasteiger partial charge in [0.2, 0.25) is 5.82 Å². The summed E-state index contributed by atoms with van der Waals surface area (Å²) in [5.41, 5.74) is 0.141. The van der Waals surface area contributed by atoms with Gasteiger partial charge in [0.1, 0.15) is 0 Å². The van der Waals surface area contributed by atoms with Gasteiger partial charge in [-0.15, -0.1) is 10.2 Å². The van der Waals surface area contributed by atoms with Gasteiger partial charge in [0, 0.05) is 16.6 Å². The highest BCUT2D eigenvalue weighted by Crippen LogP contribution is 2.30. The van der Waals surface area contributed by atoms with Crippen LogP contribution in [-0.2, 0) is 6.18 Å². The van der Waals surface area contributed by atoms with Crippen LogP contribution < -0.4 is 0 Å². The minimum absolute atomic E-state index is 0.141. The first-order valence-corrected chi connectivity index (χ1v) is 5.35. The summed E-state index contributed by atoms with van der Waals surface area (Å²) in [6.07, 6.45) is -3.24. The average Bonchev–Trinajstić information content (AvgIpc) is 2.72. The lowest BCUT2D eigenvalue weighted by Crippen LogP contribution is -2.10. The number of alkyl halides is 3. The van der Waals surface area contributed by atoms with Gasteiger partial charge in [-0.1, -0.05) is 17.7 Å². The molecule has 2 aromatic heterocycles. The first-order chi connectivity index (χ1) is 8.47. The summed E-state index contributed by atoms with van der Waals surface area (Å²) in [6.45, 7) is 0. The van der Waals surface area contributed by atoms with E-state index in [-0.39, 0.29) is 5.65 Å². The monoisotopic (exact) mass is 271 g/mol. The van der Waals surface area contributed by atoms with Crippen LogP contribution in [-0.4, -0.2) is 14.6 Å². The smallest absolute Gasteiger partial charge is 0.278 e. The molecule has 0 saturated heterocycles. The zero-order valence-electron chi connectivity index (χ0n) is 8.74. The SMILES string of the molecule is FC(F)(F)c1nnc2c3cc(Cl)ccc3ccn12. The van der Waals surface area contributed by atoms with E-state index >= 15 is 0 Å². The minimum atomic E-state index is -4.54. The van der Waals surface area contributed by atoms with Crippen molar-refractivity contribution in [2.45, 2.75) is 6.18 Å². The summed E-state index contributed by atoms with van der Waals surface area (Å²) in [5, 5.41) is 8.51. The molecule has 3 nitrogen and oxygen atoms in total. The number of aromatic nitrogens is 3. The Morgan fingerprint density at radius 3 is 2.61 bits per heavy atom. The lowest BCUT2D eigenvalue weighted by atomic mass is 10.2. The van der Waals surface area contributed by atoms with E-state index < -0.39 is 12.0 Å². The Morgan fingerprint density at radius 2 is 1.89 bits per heavy atom. The third-order valence-corrected chi connectivity index (χ3v) is 2.84. The van der Waals surface area contributed by atoms with E-state index in [4.69, 9.17) is 11.6 Å². The van der Waals surface area contributed by atoms with Gasteiger partial charge in [0.15, 0.2) is 5.65 Å². The Kier molecular flexibility index (Phi) is 2.25. The molecule has 0 atom stereocenters. The molecule has 0 radical (unpaired) electrons. The van der Waals surface area contributed by atoms with E-state index in [1.807, 2.05) is 0 Å². The van der Waals surface area contributed by atoms with Crippen molar-refractivity contribution in [3.63, 3.8) is 0 Å². The molecule has 0 aliphatic heterocycles. The van der Waals surface area contributed by atoms with E-state index in [1.165, 1.54) is 6.20 Å². The zero-order valence-corrected chi connectivity index (χ0v) is 9.50. The van der Waals surface area contributed by atoms with Gasteiger partial charge in [-0.25, -0.2) is 0 Å². The van der Waals surface area contributed by atoms with Crippen LogP contribution in [0.25, 0.3) is 16.4 Å². The van der Waals surface area contributed by atoms with Gasteiger partial charge in [0.25, 0.3) is 0 Å². The molecule has 18 heavy (non-hydrogen) atoms. The van der Waals surface area contributed by atoms with Crippen LogP contribution >= 0.6 is 11.6 Å². The number of nitrogens with zero attached hydrogens (tertiary/aromatic N) is 3. The van der Waals surface area contributed by atoms with Gasteiger partial charge >= 0.3 is 6.18 Å². The third kappa shape index (κ3) is 1.60. The average molecular weight is 272 g/mol. The highest BCUT2D eigenvalue weighted by molar-refractivity contribution is 6.31. The molecule has 2 heterocycles. The second-order valence-electron chi connectivity index (χ2n) is 3.76. The van der Waals surface area contributed by atoms with Crippen molar-refractivity contribution in [2.24, 2.45) is 0 Å². The number of halogens is 4. The molecule has 0 N–H and O–H groups in total. The molecule has 0 bridgehead atoms. The first kappa shape index (κ1) is 11.3. The molecule has 0 unspecified atom stereocenters. The van der Waals surface area contributed by atoms with Gasteiger partial charge in [0.05, 0.1) is 0 Å². The summed E-state index contributed by atoms with van der Waals surface area (Å²) in [5.74, 6) is -1.04. The topological polar surface area (TPSA) is 30.2 Å². The normalized spacial score (nSPS) is 12.4. The van der Waals surface area contributed by atoms with Gasteiger partial charge in [-0.05, 0) is 23.6 Å². The largest absolute Gasteiger partial charge is 0.452 e.